The molecule has 0 aliphatic rings. The molecule has 0 spiro atoms. The van der Waals surface area contributed by atoms with Gasteiger partial charge in [-0.25, -0.2) is 23.7 Å². The van der Waals surface area contributed by atoms with Crippen molar-refractivity contribution < 1.29 is 8.78 Å². The standard InChI is InChI=1S/C12H9F2N5/c13-8-1-2-9(14)7(3-8)4-15-11-10-12(17-5-16-10)19-6-18-11/h1-3,5-6H,4H2,(H2,15,16,17,18,19). The molecule has 7 heteroatoms. The molecule has 3 rings (SSSR count). The molecule has 2 N–H and O–H groups in total. The van der Waals surface area contributed by atoms with Gasteiger partial charge in [0.15, 0.2) is 11.5 Å². The van der Waals surface area contributed by atoms with Crippen LogP contribution in [-0.2, 0) is 6.54 Å². The molecule has 2 heterocycles. The van der Waals surface area contributed by atoms with E-state index >= 15 is 0 Å². The Hall–Kier alpha value is -2.57. The summed E-state index contributed by atoms with van der Waals surface area (Å²) in [5.74, 6) is -0.456. The smallest absolute Gasteiger partial charge is 0.182 e. The molecule has 0 saturated heterocycles. The summed E-state index contributed by atoms with van der Waals surface area (Å²) >= 11 is 0. The summed E-state index contributed by atoms with van der Waals surface area (Å²) in [7, 11) is 0. The highest BCUT2D eigenvalue weighted by Gasteiger charge is 2.07. The van der Waals surface area contributed by atoms with Crippen molar-refractivity contribution in [1.82, 2.24) is 19.9 Å². The van der Waals surface area contributed by atoms with Crippen LogP contribution in [0.15, 0.2) is 30.9 Å². The van der Waals surface area contributed by atoms with Crippen molar-refractivity contribution in [2.75, 3.05) is 5.32 Å². The highest BCUT2D eigenvalue weighted by molar-refractivity contribution is 5.81. The highest BCUT2D eigenvalue weighted by atomic mass is 19.1. The van der Waals surface area contributed by atoms with Gasteiger partial charge in [0.2, 0.25) is 0 Å². The van der Waals surface area contributed by atoms with E-state index in [0.717, 1.165) is 18.2 Å². The summed E-state index contributed by atoms with van der Waals surface area (Å²) in [5, 5.41) is 2.93. The molecule has 0 bridgehead atoms. The first-order valence-electron chi connectivity index (χ1n) is 5.56. The SMILES string of the molecule is Fc1ccc(F)c(CNc2ncnc3nc[nH]c23)c1. The zero-order chi connectivity index (χ0) is 13.2. The van der Waals surface area contributed by atoms with Crippen LogP contribution in [0.4, 0.5) is 14.6 Å². The number of H-pyrrole nitrogens is 1. The number of aromatic nitrogens is 4. The number of hydrogen-bond acceptors (Lipinski definition) is 4. The van der Waals surface area contributed by atoms with Crippen molar-refractivity contribution in [3.63, 3.8) is 0 Å². The molecule has 0 fully saturated rings. The maximum atomic E-state index is 13.5. The van der Waals surface area contributed by atoms with Crippen molar-refractivity contribution in [3.05, 3.63) is 48.1 Å². The Morgan fingerprint density at radius 3 is 2.95 bits per heavy atom. The van der Waals surface area contributed by atoms with E-state index in [4.69, 9.17) is 0 Å². The number of anilines is 1. The summed E-state index contributed by atoms with van der Waals surface area (Å²) in [6, 6.07) is 3.32. The Morgan fingerprint density at radius 1 is 1.16 bits per heavy atom. The van der Waals surface area contributed by atoms with E-state index in [1.54, 1.807) is 0 Å². The molecule has 0 amide bonds. The molecule has 2 aromatic heterocycles. The fraction of sp³-hybridized carbons (Fsp3) is 0.0833. The number of hydrogen-bond donors (Lipinski definition) is 2. The number of imidazole rings is 1. The topological polar surface area (TPSA) is 66.5 Å². The number of benzene rings is 1. The van der Waals surface area contributed by atoms with Gasteiger partial charge < -0.3 is 10.3 Å². The third-order valence-electron chi connectivity index (χ3n) is 2.68. The van der Waals surface area contributed by atoms with Crippen LogP contribution in [0, 0.1) is 11.6 Å². The summed E-state index contributed by atoms with van der Waals surface area (Å²) in [6.45, 7) is 0.120. The molecule has 5 nitrogen and oxygen atoms in total. The second-order valence-corrected chi connectivity index (χ2v) is 3.91. The predicted molar refractivity (Wildman–Crippen MR) is 65.4 cm³/mol. The molecule has 19 heavy (non-hydrogen) atoms. The van der Waals surface area contributed by atoms with E-state index < -0.39 is 11.6 Å². The fourth-order valence-corrected chi connectivity index (χ4v) is 1.76. The largest absolute Gasteiger partial charge is 0.364 e. The van der Waals surface area contributed by atoms with Crippen LogP contribution in [0.5, 0.6) is 0 Å². The molecule has 0 radical (unpaired) electrons. The van der Waals surface area contributed by atoms with Gasteiger partial charge in [-0.15, -0.1) is 0 Å². The van der Waals surface area contributed by atoms with Crippen LogP contribution in [-0.4, -0.2) is 19.9 Å². The van der Waals surface area contributed by atoms with E-state index in [-0.39, 0.29) is 12.1 Å². The van der Waals surface area contributed by atoms with Crippen molar-refractivity contribution in [2.45, 2.75) is 6.54 Å². The predicted octanol–water partition coefficient (Wildman–Crippen LogP) is 2.24. The number of aromatic amines is 1. The van der Waals surface area contributed by atoms with Crippen molar-refractivity contribution >= 4 is 17.0 Å². The second kappa shape index (κ2) is 4.60. The van der Waals surface area contributed by atoms with Crippen molar-refractivity contribution in [2.24, 2.45) is 0 Å². The van der Waals surface area contributed by atoms with Gasteiger partial charge in [0.05, 0.1) is 6.33 Å². The Balaban J connectivity index is 1.86. The number of fused-ring (bicyclic) bond motifs is 1. The van der Waals surface area contributed by atoms with Crippen molar-refractivity contribution in [1.29, 1.82) is 0 Å². The lowest BCUT2D eigenvalue weighted by Gasteiger charge is -2.07. The van der Waals surface area contributed by atoms with Crippen LogP contribution in [0.1, 0.15) is 5.56 Å². The van der Waals surface area contributed by atoms with Crippen LogP contribution in [0.3, 0.4) is 0 Å². The minimum Gasteiger partial charge on any atom is -0.364 e. The van der Waals surface area contributed by atoms with Crippen LogP contribution < -0.4 is 5.32 Å². The normalized spacial score (nSPS) is 10.8. The van der Waals surface area contributed by atoms with Crippen LogP contribution >= 0.6 is 0 Å². The minimum absolute atomic E-state index is 0.120. The Labute approximate surface area is 106 Å². The number of halogens is 2. The van der Waals surface area contributed by atoms with E-state index in [1.165, 1.54) is 12.7 Å². The summed E-state index contributed by atoms with van der Waals surface area (Å²) in [6.07, 6.45) is 2.85. The summed E-state index contributed by atoms with van der Waals surface area (Å²) < 4.78 is 26.5. The minimum atomic E-state index is -0.479. The summed E-state index contributed by atoms with van der Waals surface area (Å²) in [4.78, 5) is 14.9. The van der Waals surface area contributed by atoms with E-state index in [9.17, 15) is 8.78 Å². The Morgan fingerprint density at radius 2 is 2.05 bits per heavy atom. The van der Waals surface area contributed by atoms with Gasteiger partial charge in [0.1, 0.15) is 23.5 Å². The molecule has 96 valence electrons. The van der Waals surface area contributed by atoms with Gasteiger partial charge in [-0.2, -0.15) is 0 Å². The molecule has 0 atom stereocenters. The van der Waals surface area contributed by atoms with Gasteiger partial charge >= 0.3 is 0 Å². The van der Waals surface area contributed by atoms with Crippen molar-refractivity contribution in [3.8, 4) is 0 Å². The monoisotopic (exact) mass is 261 g/mol. The molecule has 0 aliphatic heterocycles. The fourth-order valence-electron chi connectivity index (χ4n) is 1.76. The number of nitrogens with one attached hydrogen (secondary N) is 2. The van der Waals surface area contributed by atoms with Gasteiger partial charge in [-0.1, -0.05) is 0 Å². The zero-order valence-electron chi connectivity index (χ0n) is 9.69. The van der Waals surface area contributed by atoms with E-state index in [2.05, 4.69) is 25.3 Å². The van der Waals surface area contributed by atoms with Gasteiger partial charge in [-0.05, 0) is 18.2 Å². The molecule has 3 aromatic rings. The lowest BCUT2D eigenvalue weighted by molar-refractivity contribution is 0.587. The number of rotatable bonds is 3. The van der Waals surface area contributed by atoms with E-state index in [0.29, 0.717) is 17.0 Å². The van der Waals surface area contributed by atoms with E-state index in [1.807, 2.05) is 0 Å². The van der Waals surface area contributed by atoms with Gasteiger partial charge in [-0.3, -0.25) is 0 Å². The lowest BCUT2D eigenvalue weighted by atomic mass is 10.2. The first-order chi connectivity index (χ1) is 9.24. The molecular formula is C12H9F2N5. The second-order valence-electron chi connectivity index (χ2n) is 3.91. The molecular weight excluding hydrogens is 252 g/mol. The Kier molecular flexibility index (Phi) is 2.79. The van der Waals surface area contributed by atoms with Gasteiger partial charge in [0.25, 0.3) is 0 Å². The third kappa shape index (κ3) is 2.22. The molecule has 0 unspecified atom stereocenters. The van der Waals surface area contributed by atoms with Crippen LogP contribution in [0.25, 0.3) is 11.2 Å². The highest BCUT2D eigenvalue weighted by Crippen LogP contribution is 2.16. The number of nitrogens with zero attached hydrogens (tertiary/aromatic N) is 3. The maximum Gasteiger partial charge on any atom is 0.182 e. The molecule has 0 saturated carbocycles. The third-order valence-corrected chi connectivity index (χ3v) is 2.68. The first-order valence-corrected chi connectivity index (χ1v) is 5.56. The van der Waals surface area contributed by atoms with Gasteiger partial charge in [0, 0.05) is 12.1 Å². The zero-order valence-corrected chi connectivity index (χ0v) is 9.69. The average Bonchev–Trinajstić information content (AvgIpc) is 2.88. The molecule has 0 aliphatic carbocycles. The summed E-state index contributed by atoms with van der Waals surface area (Å²) in [5.41, 5.74) is 1.36. The molecule has 1 aromatic carbocycles. The quantitative estimate of drug-likeness (QED) is 0.758. The first kappa shape index (κ1) is 11.5. The maximum absolute atomic E-state index is 13.5. The van der Waals surface area contributed by atoms with Crippen LogP contribution in [0.2, 0.25) is 0 Å². The Bertz CT molecular complexity index is 725. The average molecular weight is 261 g/mol. The lowest BCUT2D eigenvalue weighted by Crippen LogP contribution is -2.04.